The van der Waals surface area contributed by atoms with Gasteiger partial charge in [0.2, 0.25) is 0 Å². The molecule has 1 amide bonds. The third-order valence-corrected chi connectivity index (χ3v) is 8.69. The predicted octanol–water partition coefficient (Wildman–Crippen LogP) is 4.99. The van der Waals surface area contributed by atoms with E-state index in [0.717, 1.165) is 24.0 Å². The molecule has 7 heteroatoms. The Morgan fingerprint density at radius 1 is 1.05 bits per heavy atom. The second-order valence-electron chi connectivity index (χ2n) is 11.3. The molecule has 202 valence electrons. The number of benzene rings is 2. The smallest absolute Gasteiger partial charge is 0.255 e. The van der Waals surface area contributed by atoms with E-state index in [1.807, 2.05) is 13.0 Å². The number of hydrogen-bond acceptors (Lipinski definition) is 6. The van der Waals surface area contributed by atoms with Gasteiger partial charge in [-0.3, -0.25) is 15.1 Å². The number of nitrogens with zero attached hydrogens (tertiary/aromatic N) is 2. The topological polar surface area (TPSA) is 104 Å². The molecule has 4 N–H and O–H groups in total. The zero-order valence-electron chi connectivity index (χ0n) is 22.8. The molecule has 39 heavy (non-hydrogen) atoms. The van der Waals surface area contributed by atoms with E-state index in [0.29, 0.717) is 46.9 Å². The van der Waals surface area contributed by atoms with Crippen LogP contribution >= 0.6 is 0 Å². The second kappa shape index (κ2) is 10.5. The Morgan fingerprint density at radius 2 is 1.87 bits per heavy atom. The number of aromatic nitrogens is 1. The van der Waals surface area contributed by atoms with Gasteiger partial charge in [0.05, 0.1) is 17.8 Å². The number of aryl methyl sites for hydroxylation is 2. The van der Waals surface area contributed by atoms with E-state index in [4.69, 9.17) is 15.9 Å². The molecule has 3 atom stereocenters. The van der Waals surface area contributed by atoms with Gasteiger partial charge in [-0.05, 0) is 93.8 Å². The lowest BCUT2D eigenvalue weighted by Gasteiger charge is -2.30. The first-order valence-corrected chi connectivity index (χ1v) is 14.2. The molecule has 1 saturated heterocycles. The van der Waals surface area contributed by atoms with Crippen LogP contribution < -0.4 is 15.8 Å². The van der Waals surface area contributed by atoms with E-state index >= 15 is 0 Å². The van der Waals surface area contributed by atoms with Gasteiger partial charge in [-0.1, -0.05) is 24.3 Å². The summed E-state index contributed by atoms with van der Waals surface area (Å²) in [5.41, 5.74) is 13.1. The number of amides is 1. The minimum Gasteiger partial charge on any atom is -0.488 e. The third kappa shape index (κ3) is 5.03. The number of nitrogens with two attached hydrogens (primary N) is 1. The molecular formula is C32H37N5O2. The SMILES string of the molecule is C[C@@H]1CCCN1C1CCc2ccc(-c3cnc(N)c(C(=N)c4ccc5c(c4)O[C@@H](C)CNC5=O)c3)cc2CC1. The molecule has 1 aliphatic carbocycles. The highest BCUT2D eigenvalue weighted by Gasteiger charge is 2.29. The summed E-state index contributed by atoms with van der Waals surface area (Å²) in [6.07, 6.45) is 8.92. The number of carbonyl (C=O) groups excluding carboxylic acids is 1. The van der Waals surface area contributed by atoms with E-state index in [9.17, 15) is 4.79 Å². The lowest BCUT2D eigenvalue weighted by molar-refractivity contribution is 0.0952. The largest absolute Gasteiger partial charge is 0.488 e. The van der Waals surface area contributed by atoms with Crippen LogP contribution in [0.3, 0.4) is 0 Å². The molecule has 3 heterocycles. The molecule has 1 unspecified atom stereocenters. The Labute approximate surface area is 230 Å². The molecule has 7 nitrogen and oxygen atoms in total. The molecular weight excluding hydrogens is 486 g/mol. The Kier molecular flexibility index (Phi) is 6.85. The minimum atomic E-state index is -0.167. The predicted molar refractivity (Wildman–Crippen MR) is 155 cm³/mol. The number of nitrogens with one attached hydrogen (secondary N) is 2. The van der Waals surface area contributed by atoms with Crippen molar-refractivity contribution in [3.8, 4) is 16.9 Å². The standard InChI is InChI=1S/C32H37N5O2/c1-19-4-3-13-37(19)26-10-7-21-5-6-23(14-22(21)8-11-26)25-15-28(31(34)35-18-25)30(33)24-9-12-27-29(16-24)39-20(2)17-36-32(27)38/h5-6,9,12,14-16,18-20,26,33H,3-4,7-8,10-11,13,17H2,1-2H3,(H2,34,35)(H,36,38)/t19-,20+,26?/m1/s1. The summed E-state index contributed by atoms with van der Waals surface area (Å²) < 4.78 is 5.96. The Bertz CT molecular complexity index is 1430. The van der Waals surface area contributed by atoms with Gasteiger partial charge in [0.1, 0.15) is 17.7 Å². The van der Waals surface area contributed by atoms with Crippen molar-refractivity contribution in [2.45, 2.75) is 70.6 Å². The van der Waals surface area contributed by atoms with Crippen LogP contribution in [0.5, 0.6) is 5.75 Å². The van der Waals surface area contributed by atoms with Crippen molar-refractivity contribution < 1.29 is 9.53 Å². The molecule has 0 radical (unpaired) electrons. The number of likely N-dealkylation sites (tertiary alicyclic amines) is 1. The molecule has 2 aliphatic heterocycles. The van der Waals surface area contributed by atoms with Crippen molar-refractivity contribution >= 4 is 17.4 Å². The average Bonchev–Trinajstić information content (AvgIpc) is 3.17. The fourth-order valence-electron chi connectivity index (χ4n) is 6.44. The van der Waals surface area contributed by atoms with Crippen molar-refractivity contribution in [2.75, 3.05) is 18.8 Å². The van der Waals surface area contributed by atoms with E-state index in [1.165, 1.54) is 43.4 Å². The van der Waals surface area contributed by atoms with Gasteiger partial charge >= 0.3 is 0 Å². The summed E-state index contributed by atoms with van der Waals surface area (Å²) in [6, 6.07) is 15.3. The zero-order valence-corrected chi connectivity index (χ0v) is 22.8. The van der Waals surface area contributed by atoms with Crippen LogP contribution in [0.2, 0.25) is 0 Å². The lowest BCUT2D eigenvalue weighted by Crippen LogP contribution is -2.37. The number of hydrogen-bond donors (Lipinski definition) is 3. The fourth-order valence-corrected chi connectivity index (χ4v) is 6.44. The van der Waals surface area contributed by atoms with E-state index in [2.05, 4.69) is 40.3 Å². The zero-order chi connectivity index (χ0) is 27.1. The maximum Gasteiger partial charge on any atom is 0.255 e. The summed E-state index contributed by atoms with van der Waals surface area (Å²) in [5.74, 6) is 0.623. The highest BCUT2D eigenvalue weighted by Crippen LogP contribution is 2.32. The van der Waals surface area contributed by atoms with Crippen molar-refractivity contribution in [1.82, 2.24) is 15.2 Å². The van der Waals surface area contributed by atoms with E-state index in [-0.39, 0.29) is 17.7 Å². The molecule has 6 rings (SSSR count). The Hall–Kier alpha value is -3.71. The maximum atomic E-state index is 12.4. The van der Waals surface area contributed by atoms with Crippen molar-refractivity contribution in [2.24, 2.45) is 0 Å². The number of ether oxygens (including phenoxy) is 1. The number of carbonyl (C=O) groups is 1. The first-order chi connectivity index (χ1) is 18.9. The number of rotatable bonds is 4. The summed E-state index contributed by atoms with van der Waals surface area (Å²) >= 11 is 0. The molecule has 2 aromatic carbocycles. The fraction of sp³-hybridized carbons (Fsp3) is 0.406. The third-order valence-electron chi connectivity index (χ3n) is 8.69. The van der Waals surface area contributed by atoms with Gasteiger partial charge < -0.3 is 15.8 Å². The Morgan fingerprint density at radius 3 is 2.67 bits per heavy atom. The van der Waals surface area contributed by atoms with Crippen LogP contribution in [0.15, 0.2) is 48.7 Å². The number of anilines is 1. The molecule has 0 spiro atoms. The quantitative estimate of drug-likeness (QED) is 0.330. The van der Waals surface area contributed by atoms with Crippen LogP contribution in [0, 0.1) is 5.41 Å². The molecule has 0 saturated carbocycles. The molecule has 3 aliphatic rings. The molecule has 0 bridgehead atoms. The van der Waals surface area contributed by atoms with Crippen LogP contribution in [0.25, 0.3) is 11.1 Å². The number of pyridine rings is 1. The first-order valence-electron chi connectivity index (χ1n) is 14.2. The van der Waals surface area contributed by atoms with Crippen molar-refractivity contribution in [1.29, 1.82) is 5.41 Å². The minimum absolute atomic E-state index is 0.156. The summed E-state index contributed by atoms with van der Waals surface area (Å²) in [6.45, 7) is 5.97. The maximum absolute atomic E-state index is 12.4. The van der Waals surface area contributed by atoms with Gasteiger partial charge in [-0.2, -0.15) is 0 Å². The summed E-state index contributed by atoms with van der Waals surface area (Å²) in [7, 11) is 0. The van der Waals surface area contributed by atoms with Gasteiger partial charge in [0.15, 0.2) is 0 Å². The van der Waals surface area contributed by atoms with E-state index in [1.54, 1.807) is 24.4 Å². The van der Waals surface area contributed by atoms with Crippen molar-refractivity contribution in [3.05, 3.63) is 76.5 Å². The summed E-state index contributed by atoms with van der Waals surface area (Å²) in [4.78, 5) is 19.6. The van der Waals surface area contributed by atoms with E-state index < -0.39 is 0 Å². The lowest BCUT2D eigenvalue weighted by atomic mass is 9.95. The number of nitrogen functional groups attached to an aromatic ring is 1. The Balaban J connectivity index is 1.26. The monoisotopic (exact) mass is 523 g/mol. The molecule has 1 fully saturated rings. The normalized spacial score (nSPS) is 23.1. The van der Waals surface area contributed by atoms with Gasteiger partial charge in [-0.15, -0.1) is 0 Å². The molecule has 1 aromatic heterocycles. The number of fused-ring (bicyclic) bond motifs is 2. The highest BCUT2D eigenvalue weighted by molar-refractivity contribution is 6.14. The molecule has 3 aromatic rings. The highest BCUT2D eigenvalue weighted by atomic mass is 16.5. The van der Waals surface area contributed by atoms with Crippen LogP contribution in [0.4, 0.5) is 5.82 Å². The van der Waals surface area contributed by atoms with Gasteiger partial charge in [-0.25, -0.2) is 4.98 Å². The van der Waals surface area contributed by atoms with Crippen LogP contribution in [0.1, 0.15) is 72.1 Å². The van der Waals surface area contributed by atoms with Gasteiger partial charge in [0, 0.05) is 35.0 Å². The summed E-state index contributed by atoms with van der Waals surface area (Å²) in [5, 5.41) is 11.8. The second-order valence-corrected chi connectivity index (χ2v) is 11.3. The first kappa shape index (κ1) is 25.6. The van der Waals surface area contributed by atoms with Crippen LogP contribution in [-0.2, 0) is 12.8 Å². The van der Waals surface area contributed by atoms with Gasteiger partial charge in [0.25, 0.3) is 5.91 Å². The van der Waals surface area contributed by atoms with Crippen molar-refractivity contribution in [3.63, 3.8) is 0 Å². The average molecular weight is 524 g/mol. The van der Waals surface area contributed by atoms with Crippen LogP contribution in [-0.4, -0.2) is 52.8 Å².